The fourth-order valence-electron chi connectivity index (χ4n) is 1.53. The third-order valence-electron chi connectivity index (χ3n) is 2.58. The van der Waals surface area contributed by atoms with Gasteiger partial charge in [0.15, 0.2) is 0 Å². The maximum Gasteiger partial charge on any atom is 0.0771 e. The van der Waals surface area contributed by atoms with Gasteiger partial charge in [0.2, 0.25) is 0 Å². The van der Waals surface area contributed by atoms with Gasteiger partial charge in [-0.3, -0.25) is 0 Å². The summed E-state index contributed by atoms with van der Waals surface area (Å²) < 4.78 is 0. The van der Waals surface area contributed by atoms with Crippen LogP contribution in [0.5, 0.6) is 0 Å². The number of hydrogen-bond acceptors (Lipinski definition) is 3. The normalized spacial score (nSPS) is 19.8. The molecule has 1 saturated carbocycles. The van der Waals surface area contributed by atoms with Crippen molar-refractivity contribution in [2.24, 2.45) is 0 Å². The second-order valence-electron chi connectivity index (χ2n) is 3.81. The topological polar surface area (TPSA) is 32.3 Å². The van der Waals surface area contributed by atoms with Crippen LogP contribution in [0.1, 0.15) is 32.6 Å². The summed E-state index contributed by atoms with van der Waals surface area (Å²) in [5.41, 5.74) is -0.349. The average molecular weight is 203 g/mol. The van der Waals surface area contributed by atoms with Crippen molar-refractivity contribution in [2.75, 3.05) is 24.6 Å². The molecule has 1 aliphatic carbocycles. The molecule has 0 aromatic carbocycles. The summed E-state index contributed by atoms with van der Waals surface area (Å²) in [6.45, 7) is 4.04. The highest BCUT2D eigenvalue weighted by atomic mass is 32.2. The largest absolute Gasteiger partial charge is 0.389 e. The molecule has 0 unspecified atom stereocenters. The predicted octanol–water partition coefficient (Wildman–Crippen LogP) is 1.63. The molecule has 2 nitrogen and oxygen atoms in total. The van der Waals surface area contributed by atoms with Crippen molar-refractivity contribution in [3.63, 3.8) is 0 Å². The lowest BCUT2D eigenvalue weighted by Crippen LogP contribution is -2.46. The summed E-state index contributed by atoms with van der Waals surface area (Å²) >= 11 is 1.98. The van der Waals surface area contributed by atoms with Crippen LogP contribution in [-0.4, -0.2) is 35.3 Å². The van der Waals surface area contributed by atoms with Crippen molar-refractivity contribution in [3.05, 3.63) is 0 Å². The molecule has 0 spiro atoms. The van der Waals surface area contributed by atoms with E-state index >= 15 is 0 Å². The summed E-state index contributed by atoms with van der Waals surface area (Å²) in [6, 6.07) is 0. The maximum absolute atomic E-state index is 9.74. The summed E-state index contributed by atoms with van der Waals surface area (Å²) in [5.74, 6) is 2.45. The van der Waals surface area contributed by atoms with E-state index in [0.717, 1.165) is 25.9 Å². The molecule has 0 radical (unpaired) electrons. The number of nitrogens with one attached hydrogen (secondary N) is 1. The van der Waals surface area contributed by atoms with E-state index in [1.165, 1.54) is 24.3 Å². The molecule has 2 N–H and O–H groups in total. The van der Waals surface area contributed by atoms with Gasteiger partial charge in [-0.25, -0.2) is 0 Å². The number of thioether (sulfide) groups is 1. The molecule has 0 aliphatic heterocycles. The minimum Gasteiger partial charge on any atom is -0.389 e. The van der Waals surface area contributed by atoms with E-state index in [1.54, 1.807) is 0 Å². The van der Waals surface area contributed by atoms with Crippen LogP contribution in [0.15, 0.2) is 0 Å². The van der Waals surface area contributed by atoms with Gasteiger partial charge in [-0.1, -0.05) is 6.92 Å². The quantitative estimate of drug-likeness (QED) is 0.617. The SMILES string of the molecule is CCSCCCNCC1(O)CCC1. The van der Waals surface area contributed by atoms with Crippen molar-refractivity contribution in [1.29, 1.82) is 0 Å². The van der Waals surface area contributed by atoms with Crippen molar-refractivity contribution in [2.45, 2.75) is 38.2 Å². The van der Waals surface area contributed by atoms with E-state index in [2.05, 4.69) is 12.2 Å². The van der Waals surface area contributed by atoms with Gasteiger partial charge in [-0.2, -0.15) is 11.8 Å². The Hall–Kier alpha value is 0.270. The van der Waals surface area contributed by atoms with Gasteiger partial charge in [0.05, 0.1) is 5.60 Å². The van der Waals surface area contributed by atoms with Crippen molar-refractivity contribution >= 4 is 11.8 Å². The highest BCUT2D eigenvalue weighted by Gasteiger charge is 2.33. The fourth-order valence-corrected chi connectivity index (χ4v) is 2.16. The van der Waals surface area contributed by atoms with E-state index < -0.39 is 0 Å². The van der Waals surface area contributed by atoms with Gasteiger partial charge < -0.3 is 10.4 Å². The van der Waals surface area contributed by atoms with Crippen molar-refractivity contribution in [1.82, 2.24) is 5.32 Å². The monoisotopic (exact) mass is 203 g/mol. The lowest BCUT2D eigenvalue weighted by atomic mass is 9.80. The second-order valence-corrected chi connectivity index (χ2v) is 5.20. The van der Waals surface area contributed by atoms with Crippen LogP contribution in [-0.2, 0) is 0 Å². The molecule has 3 heteroatoms. The standard InChI is InChI=1S/C10H21NOS/c1-2-13-8-4-7-11-9-10(12)5-3-6-10/h11-12H,2-9H2,1H3. The van der Waals surface area contributed by atoms with Crippen LogP contribution in [0, 0.1) is 0 Å². The molecule has 0 aromatic heterocycles. The van der Waals surface area contributed by atoms with Gasteiger partial charge in [0, 0.05) is 6.54 Å². The Kier molecular flexibility index (Phi) is 5.14. The number of aliphatic hydroxyl groups is 1. The van der Waals surface area contributed by atoms with E-state index in [1.807, 2.05) is 11.8 Å². The average Bonchev–Trinajstić information content (AvgIpc) is 2.08. The zero-order valence-electron chi connectivity index (χ0n) is 8.51. The molecular weight excluding hydrogens is 182 g/mol. The molecule has 78 valence electrons. The minimum atomic E-state index is -0.349. The summed E-state index contributed by atoms with van der Waals surface area (Å²) in [5, 5.41) is 13.1. The van der Waals surface area contributed by atoms with Crippen LogP contribution >= 0.6 is 11.8 Å². The Morgan fingerprint density at radius 2 is 2.23 bits per heavy atom. The number of rotatable bonds is 7. The Morgan fingerprint density at radius 3 is 2.77 bits per heavy atom. The molecule has 0 heterocycles. The molecule has 0 atom stereocenters. The first-order valence-corrected chi connectivity index (χ1v) is 6.43. The molecular formula is C10H21NOS. The van der Waals surface area contributed by atoms with Crippen LogP contribution in [0.3, 0.4) is 0 Å². The third-order valence-corrected chi connectivity index (χ3v) is 3.57. The predicted molar refractivity (Wildman–Crippen MR) is 59.3 cm³/mol. The molecule has 0 saturated heterocycles. The summed E-state index contributed by atoms with van der Waals surface area (Å²) in [6.07, 6.45) is 4.39. The van der Waals surface area contributed by atoms with Gasteiger partial charge in [-0.15, -0.1) is 0 Å². The van der Waals surface area contributed by atoms with Crippen LogP contribution in [0.2, 0.25) is 0 Å². The molecule has 1 rings (SSSR count). The molecule has 1 aliphatic rings. The lowest BCUT2D eigenvalue weighted by molar-refractivity contribution is -0.0310. The van der Waals surface area contributed by atoms with Crippen LogP contribution < -0.4 is 5.32 Å². The molecule has 0 bridgehead atoms. The Morgan fingerprint density at radius 1 is 1.46 bits per heavy atom. The van der Waals surface area contributed by atoms with Crippen molar-refractivity contribution < 1.29 is 5.11 Å². The zero-order valence-corrected chi connectivity index (χ0v) is 9.33. The lowest BCUT2D eigenvalue weighted by Gasteiger charge is -2.36. The fraction of sp³-hybridized carbons (Fsp3) is 1.00. The molecule has 1 fully saturated rings. The van der Waals surface area contributed by atoms with Crippen molar-refractivity contribution in [3.8, 4) is 0 Å². The Labute approximate surface area is 85.5 Å². The van der Waals surface area contributed by atoms with Gasteiger partial charge in [-0.05, 0) is 43.7 Å². The third kappa shape index (κ3) is 4.34. The van der Waals surface area contributed by atoms with E-state index in [4.69, 9.17) is 0 Å². The van der Waals surface area contributed by atoms with E-state index in [-0.39, 0.29) is 5.60 Å². The Balaban J connectivity index is 1.83. The maximum atomic E-state index is 9.74. The van der Waals surface area contributed by atoms with Crippen LogP contribution in [0.4, 0.5) is 0 Å². The first-order chi connectivity index (χ1) is 6.27. The highest BCUT2D eigenvalue weighted by molar-refractivity contribution is 7.99. The van der Waals surface area contributed by atoms with E-state index in [9.17, 15) is 5.11 Å². The molecule has 0 aromatic rings. The second kappa shape index (κ2) is 5.89. The van der Waals surface area contributed by atoms with Gasteiger partial charge in [0.1, 0.15) is 0 Å². The summed E-state index contributed by atoms with van der Waals surface area (Å²) in [4.78, 5) is 0. The molecule has 13 heavy (non-hydrogen) atoms. The highest BCUT2D eigenvalue weighted by Crippen LogP contribution is 2.30. The van der Waals surface area contributed by atoms with Gasteiger partial charge >= 0.3 is 0 Å². The summed E-state index contributed by atoms with van der Waals surface area (Å²) in [7, 11) is 0. The number of hydrogen-bond donors (Lipinski definition) is 2. The smallest absolute Gasteiger partial charge is 0.0771 e. The zero-order chi connectivity index (χ0) is 9.57. The van der Waals surface area contributed by atoms with E-state index in [0.29, 0.717) is 0 Å². The first-order valence-electron chi connectivity index (χ1n) is 5.28. The van der Waals surface area contributed by atoms with Crippen LogP contribution in [0.25, 0.3) is 0 Å². The minimum absolute atomic E-state index is 0.349. The first kappa shape index (κ1) is 11.3. The Bertz CT molecular complexity index is 137. The van der Waals surface area contributed by atoms with Gasteiger partial charge in [0.25, 0.3) is 0 Å². The molecule has 0 amide bonds.